The van der Waals surface area contributed by atoms with Crippen LogP contribution < -0.4 is 10.6 Å². The molecule has 4 rings (SSSR count). The highest BCUT2D eigenvalue weighted by Gasteiger charge is 2.41. The molecular weight excluding hydrogens is 394 g/mol. The van der Waals surface area contributed by atoms with Crippen LogP contribution in [0.25, 0.3) is 0 Å². The molecule has 28 heavy (non-hydrogen) atoms. The van der Waals surface area contributed by atoms with Crippen molar-refractivity contribution in [2.75, 3.05) is 16.9 Å². The van der Waals surface area contributed by atoms with E-state index in [-0.39, 0.29) is 23.9 Å². The molecule has 2 aromatic carbocycles. The van der Waals surface area contributed by atoms with Gasteiger partial charge in [0.1, 0.15) is 6.33 Å². The largest absolute Gasteiger partial charge is 0.351 e. The van der Waals surface area contributed by atoms with Crippen molar-refractivity contribution >= 4 is 40.9 Å². The van der Waals surface area contributed by atoms with Crippen molar-refractivity contribution in [1.29, 1.82) is 0 Å². The van der Waals surface area contributed by atoms with Gasteiger partial charge in [0, 0.05) is 21.6 Å². The first-order valence-electron chi connectivity index (χ1n) is 8.93. The fraction of sp³-hybridized carbons (Fsp3) is 0.250. The molecule has 1 aromatic heterocycles. The minimum absolute atomic E-state index is 0.0811. The summed E-state index contributed by atoms with van der Waals surface area (Å²) < 4.78 is 1.79. The molecule has 0 unspecified atom stereocenters. The zero-order valence-electron chi connectivity index (χ0n) is 15.5. The molecule has 1 amide bonds. The predicted octanol–water partition coefficient (Wildman–Crippen LogP) is 4.31. The number of thioether (sulfide) groups is 1. The summed E-state index contributed by atoms with van der Waals surface area (Å²) in [6, 6.07) is 15.0. The van der Waals surface area contributed by atoms with Crippen LogP contribution in [0, 0.1) is 5.92 Å². The minimum Gasteiger partial charge on any atom is -0.351 e. The summed E-state index contributed by atoms with van der Waals surface area (Å²) in [5.74, 6) is 0.217. The van der Waals surface area contributed by atoms with Crippen LogP contribution in [0.1, 0.15) is 18.5 Å². The van der Waals surface area contributed by atoms with Gasteiger partial charge in [0.2, 0.25) is 11.9 Å². The Balaban J connectivity index is 1.70. The van der Waals surface area contributed by atoms with Gasteiger partial charge in [-0.15, -0.1) is 11.8 Å². The van der Waals surface area contributed by atoms with Crippen LogP contribution in [-0.4, -0.2) is 33.0 Å². The van der Waals surface area contributed by atoms with Gasteiger partial charge >= 0.3 is 0 Å². The van der Waals surface area contributed by atoms with Gasteiger partial charge in [-0.25, -0.2) is 4.68 Å². The van der Waals surface area contributed by atoms with Gasteiger partial charge in [0.05, 0.1) is 12.0 Å². The first-order valence-corrected chi connectivity index (χ1v) is 10.5. The SMILES string of the molecule is CSc1ccc([C@@H]2[C@H](C(=O)Nc3ccc(Cl)cc3)[C@H](C)Nc3ncnn32)cc1. The van der Waals surface area contributed by atoms with Crippen molar-refractivity contribution in [2.45, 2.75) is 23.9 Å². The number of anilines is 2. The number of carbonyl (C=O) groups is 1. The lowest BCUT2D eigenvalue weighted by atomic mass is 9.85. The van der Waals surface area contributed by atoms with Crippen LogP contribution in [0.4, 0.5) is 11.6 Å². The summed E-state index contributed by atoms with van der Waals surface area (Å²) in [7, 11) is 0. The molecule has 0 radical (unpaired) electrons. The third-order valence-corrected chi connectivity index (χ3v) is 5.94. The Morgan fingerprint density at radius 3 is 2.57 bits per heavy atom. The van der Waals surface area contributed by atoms with Crippen LogP contribution in [0.2, 0.25) is 5.02 Å². The van der Waals surface area contributed by atoms with Crippen molar-refractivity contribution in [3.05, 3.63) is 65.4 Å². The van der Waals surface area contributed by atoms with E-state index < -0.39 is 0 Å². The maximum atomic E-state index is 13.3. The Morgan fingerprint density at radius 1 is 1.18 bits per heavy atom. The van der Waals surface area contributed by atoms with E-state index in [0.29, 0.717) is 16.7 Å². The molecule has 3 aromatic rings. The fourth-order valence-electron chi connectivity index (χ4n) is 3.55. The average molecular weight is 414 g/mol. The quantitative estimate of drug-likeness (QED) is 0.623. The Labute approximate surface area is 172 Å². The van der Waals surface area contributed by atoms with Crippen LogP contribution in [0.3, 0.4) is 0 Å². The van der Waals surface area contributed by atoms with Crippen LogP contribution >= 0.6 is 23.4 Å². The fourth-order valence-corrected chi connectivity index (χ4v) is 4.09. The Morgan fingerprint density at radius 2 is 1.89 bits per heavy atom. The normalized spacial score (nSPS) is 20.9. The lowest BCUT2D eigenvalue weighted by Gasteiger charge is -2.36. The van der Waals surface area contributed by atoms with Gasteiger partial charge in [-0.1, -0.05) is 23.7 Å². The zero-order chi connectivity index (χ0) is 19.7. The number of rotatable bonds is 4. The van der Waals surface area contributed by atoms with Crippen LogP contribution in [0.5, 0.6) is 0 Å². The second-order valence-electron chi connectivity index (χ2n) is 6.70. The third-order valence-electron chi connectivity index (χ3n) is 4.94. The van der Waals surface area contributed by atoms with Crippen LogP contribution in [0.15, 0.2) is 59.8 Å². The van der Waals surface area contributed by atoms with Gasteiger partial charge in [0.15, 0.2) is 0 Å². The number of fused-ring (bicyclic) bond motifs is 1. The molecule has 0 aliphatic carbocycles. The van der Waals surface area contributed by atoms with E-state index in [2.05, 4.69) is 45.0 Å². The van der Waals surface area contributed by atoms with Gasteiger partial charge in [0.25, 0.3) is 0 Å². The summed E-state index contributed by atoms with van der Waals surface area (Å²) in [5, 5.41) is 11.3. The highest BCUT2D eigenvalue weighted by molar-refractivity contribution is 7.98. The Kier molecular flexibility index (Phi) is 5.28. The van der Waals surface area contributed by atoms with Gasteiger partial charge in [-0.05, 0) is 55.1 Å². The summed E-state index contributed by atoms with van der Waals surface area (Å²) in [6.45, 7) is 1.99. The summed E-state index contributed by atoms with van der Waals surface area (Å²) in [4.78, 5) is 18.7. The molecular formula is C20H20ClN5OS. The topological polar surface area (TPSA) is 71.8 Å². The standard InChI is InChI=1S/C20H20ClN5OS/c1-12-17(19(27)25-15-7-5-14(21)6-8-15)18(26-20(24-12)22-11-23-26)13-3-9-16(28-2)10-4-13/h3-12,17-18H,1-2H3,(H,25,27)(H,22,23,24)/t12-,17+,18+/m0/s1. The molecule has 3 atom stereocenters. The first kappa shape index (κ1) is 18.8. The molecule has 0 saturated carbocycles. The number of aromatic nitrogens is 3. The van der Waals surface area contributed by atoms with Crippen LogP contribution in [-0.2, 0) is 4.79 Å². The van der Waals surface area contributed by atoms with E-state index in [9.17, 15) is 4.79 Å². The number of benzene rings is 2. The molecule has 2 N–H and O–H groups in total. The van der Waals surface area contributed by atoms with Crippen molar-refractivity contribution in [2.24, 2.45) is 5.92 Å². The lowest BCUT2D eigenvalue weighted by molar-refractivity contribution is -0.121. The van der Waals surface area contributed by atoms with Gasteiger partial charge in [-0.3, -0.25) is 4.79 Å². The Bertz CT molecular complexity index is 973. The van der Waals surface area contributed by atoms with E-state index >= 15 is 0 Å². The summed E-state index contributed by atoms with van der Waals surface area (Å²) in [6.07, 6.45) is 3.55. The first-order chi connectivity index (χ1) is 13.6. The summed E-state index contributed by atoms with van der Waals surface area (Å²) in [5.41, 5.74) is 1.73. The smallest absolute Gasteiger partial charge is 0.232 e. The van der Waals surface area contributed by atoms with E-state index in [0.717, 1.165) is 5.56 Å². The van der Waals surface area contributed by atoms with E-state index in [1.54, 1.807) is 40.7 Å². The molecule has 2 heterocycles. The molecule has 0 spiro atoms. The number of carbonyl (C=O) groups excluding carboxylic acids is 1. The molecule has 1 aliphatic heterocycles. The maximum Gasteiger partial charge on any atom is 0.232 e. The lowest BCUT2D eigenvalue weighted by Crippen LogP contribution is -2.46. The number of hydrogen-bond donors (Lipinski definition) is 2. The molecule has 144 valence electrons. The number of nitrogens with one attached hydrogen (secondary N) is 2. The molecule has 0 saturated heterocycles. The molecule has 0 bridgehead atoms. The number of halogens is 1. The van der Waals surface area contributed by atoms with E-state index in [4.69, 9.17) is 11.6 Å². The number of nitrogens with zero attached hydrogens (tertiary/aromatic N) is 3. The van der Waals surface area contributed by atoms with E-state index in [1.807, 2.05) is 13.2 Å². The average Bonchev–Trinajstić information content (AvgIpc) is 3.16. The molecule has 1 aliphatic rings. The van der Waals surface area contributed by atoms with Gasteiger partial charge in [-0.2, -0.15) is 10.1 Å². The van der Waals surface area contributed by atoms with Crippen molar-refractivity contribution in [3.8, 4) is 0 Å². The van der Waals surface area contributed by atoms with Crippen molar-refractivity contribution in [3.63, 3.8) is 0 Å². The third kappa shape index (κ3) is 3.59. The highest BCUT2D eigenvalue weighted by atomic mass is 35.5. The number of hydrogen-bond acceptors (Lipinski definition) is 5. The molecule has 6 nitrogen and oxygen atoms in total. The zero-order valence-corrected chi connectivity index (χ0v) is 17.0. The maximum absolute atomic E-state index is 13.3. The van der Waals surface area contributed by atoms with Gasteiger partial charge < -0.3 is 10.6 Å². The van der Waals surface area contributed by atoms with Crippen molar-refractivity contribution < 1.29 is 4.79 Å². The van der Waals surface area contributed by atoms with E-state index in [1.165, 1.54) is 11.2 Å². The number of amides is 1. The molecule has 0 fully saturated rings. The molecule has 8 heteroatoms. The van der Waals surface area contributed by atoms with Crippen molar-refractivity contribution in [1.82, 2.24) is 14.8 Å². The second-order valence-corrected chi connectivity index (χ2v) is 8.02. The summed E-state index contributed by atoms with van der Waals surface area (Å²) >= 11 is 7.63. The monoisotopic (exact) mass is 413 g/mol. The minimum atomic E-state index is -0.370. The highest BCUT2D eigenvalue weighted by Crippen LogP contribution is 2.37. The predicted molar refractivity (Wildman–Crippen MR) is 113 cm³/mol. The second kappa shape index (κ2) is 7.85. The Hall–Kier alpha value is -2.51.